The number of rotatable bonds is 4. The van der Waals surface area contributed by atoms with Gasteiger partial charge in [0, 0.05) is 12.0 Å². The molecular formula is C25H34O2. The Balaban J connectivity index is 1.82. The quantitative estimate of drug-likeness (QED) is 0.644. The van der Waals surface area contributed by atoms with Crippen molar-refractivity contribution in [2.24, 2.45) is 23.7 Å². The zero-order valence-electron chi connectivity index (χ0n) is 17.1. The summed E-state index contributed by atoms with van der Waals surface area (Å²) in [6, 6.07) is 10.0. The second-order valence-electron chi connectivity index (χ2n) is 8.88. The predicted octanol–water partition coefficient (Wildman–Crippen LogP) is 5.64. The Bertz CT molecular complexity index is 667. The van der Waals surface area contributed by atoms with E-state index in [1.807, 2.05) is 30.3 Å². The zero-order valence-corrected chi connectivity index (χ0v) is 17.1. The van der Waals surface area contributed by atoms with E-state index in [0.717, 1.165) is 31.2 Å². The second kappa shape index (κ2) is 9.56. The van der Waals surface area contributed by atoms with Crippen LogP contribution in [0.15, 0.2) is 30.3 Å². The van der Waals surface area contributed by atoms with Crippen molar-refractivity contribution in [3.63, 3.8) is 0 Å². The minimum atomic E-state index is -0.269. The molecule has 2 fully saturated rings. The number of hydrogen-bond acceptors (Lipinski definition) is 2. The average Bonchev–Trinajstić information content (AvgIpc) is 2.66. The van der Waals surface area contributed by atoms with Crippen LogP contribution in [0.4, 0.5) is 0 Å². The van der Waals surface area contributed by atoms with Gasteiger partial charge >= 0.3 is 0 Å². The SMILES string of the molecule is CC(C)[C@@H]1CC[C@@H](C)C[C@H]1O[C@@H](C#Cc1ccccc1)[C@@H]1CCCCC1=O. The van der Waals surface area contributed by atoms with Crippen molar-refractivity contribution in [2.45, 2.75) is 77.9 Å². The lowest BCUT2D eigenvalue weighted by Crippen LogP contribution is -2.41. The molecule has 0 bridgehead atoms. The van der Waals surface area contributed by atoms with Crippen molar-refractivity contribution in [1.29, 1.82) is 0 Å². The van der Waals surface area contributed by atoms with Gasteiger partial charge in [0.1, 0.15) is 11.9 Å². The van der Waals surface area contributed by atoms with Gasteiger partial charge < -0.3 is 4.74 Å². The van der Waals surface area contributed by atoms with Crippen LogP contribution < -0.4 is 0 Å². The minimum Gasteiger partial charge on any atom is -0.361 e. The van der Waals surface area contributed by atoms with Crippen LogP contribution in [0.3, 0.4) is 0 Å². The largest absolute Gasteiger partial charge is 0.361 e. The van der Waals surface area contributed by atoms with E-state index < -0.39 is 0 Å². The Hall–Kier alpha value is -1.59. The zero-order chi connectivity index (χ0) is 19.2. The van der Waals surface area contributed by atoms with Gasteiger partial charge in [0.15, 0.2) is 0 Å². The first-order valence-electron chi connectivity index (χ1n) is 10.8. The van der Waals surface area contributed by atoms with E-state index in [9.17, 15) is 4.79 Å². The summed E-state index contributed by atoms with van der Waals surface area (Å²) in [6.07, 6.45) is 7.28. The average molecular weight is 367 g/mol. The molecule has 0 amide bonds. The van der Waals surface area contributed by atoms with E-state index >= 15 is 0 Å². The van der Waals surface area contributed by atoms with E-state index in [1.54, 1.807) is 0 Å². The Morgan fingerprint density at radius 1 is 1.07 bits per heavy atom. The van der Waals surface area contributed by atoms with E-state index in [-0.39, 0.29) is 18.1 Å². The first-order valence-corrected chi connectivity index (χ1v) is 10.8. The maximum atomic E-state index is 12.6. The Kier molecular flexibility index (Phi) is 7.13. The van der Waals surface area contributed by atoms with Crippen LogP contribution >= 0.6 is 0 Å². The molecule has 0 aliphatic heterocycles. The molecule has 2 heteroatoms. The minimum absolute atomic E-state index is 0.0555. The summed E-state index contributed by atoms with van der Waals surface area (Å²) in [5.74, 6) is 8.80. The summed E-state index contributed by atoms with van der Waals surface area (Å²) in [7, 11) is 0. The lowest BCUT2D eigenvalue weighted by atomic mass is 9.75. The Morgan fingerprint density at radius 2 is 1.85 bits per heavy atom. The van der Waals surface area contributed by atoms with Crippen molar-refractivity contribution in [3.05, 3.63) is 35.9 Å². The molecule has 27 heavy (non-hydrogen) atoms. The number of benzene rings is 1. The van der Waals surface area contributed by atoms with Crippen molar-refractivity contribution in [1.82, 2.24) is 0 Å². The van der Waals surface area contributed by atoms with Gasteiger partial charge in [0.05, 0.1) is 12.0 Å². The summed E-state index contributed by atoms with van der Waals surface area (Å²) in [4.78, 5) is 12.6. The summed E-state index contributed by atoms with van der Waals surface area (Å²) in [6.45, 7) is 6.92. The molecule has 146 valence electrons. The molecule has 0 aromatic heterocycles. The van der Waals surface area contributed by atoms with Crippen LogP contribution in [0.1, 0.15) is 71.3 Å². The normalized spacial score (nSPS) is 29.9. The van der Waals surface area contributed by atoms with Crippen LogP contribution in [-0.4, -0.2) is 18.0 Å². The number of hydrogen-bond donors (Lipinski definition) is 0. The number of carbonyl (C=O) groups is 1. The molecule has 0 radical (unpaired) electrons. The molecule has 1 aromatic carbocycles. The smallest absolute Gasteiger partial charge is 0.139 e. The first-order chi connectivity index (χ1) is 13.0. The molecule has 0 N–H and O–H groups in total. The lowest BCUT2D eigenvalue weighted by Gasteiger charge is -2.39. The van der Waals surface area contributed by atoms with Crippen molar-refractivity contribution < 1.29 is 9.53 Å². The van der Waals surface area contributed by atoms with Crippen LogP contribution in [0.2, 0.25) is 0 Å². The highest BCUT2D eigenvalue weighted by Gasteiger charge is 2.37. The third kappa shape index (κ3) is 5.45. The first kappa shape index (κ1) is 20.2. The van der Waals surface area contributed by atoms with Crippen LogP contribution in [0.25, 0.3) is 0 Å². The highest BCUT2D eigenvalue weighted by atomic mass is 16.5. The maximum absolute atomic E-state index is 12.6. The molecule has 1 aromatic rings. The van der Waals surface area contributed by atoms with Crippen molar-refractivity contribution in [2.75, 3.05) is 0 Å². The van der Waals surface area contributed by atoms with Gasteiger partial charge in [0.25, 0.3) is 0 Å². The molecule has 0 spiro atoms. The van der Waals surface area contributed by atoms with E-state index in [4.69, 9.17) is 4.74 Å². The molecule has 2 aliphatic rings. The summed E-state index contributed by atoms with van der Waals surface area (Å²) in [5, 5.41) is 0. The van der Waals surface area contributed by atoms with Crippen molar-refractivity contribution in [3.8, 4) is 11.8 Å². The fourth-order valence-electron chi connectivity index (χ4n) is 4.69. The Labute approximate surface area is 165 Å². The highest BCUT2D eigenvalue weighted by molar-refractivity contribution is 5.82. The molecule has 0 saturated heterocycles. The van der Waals surface area contributed by atoms with E-state index in [2.05, 4.69) is 32.6 Å². The second-order valence-corrected chi connectivity index (χ2v) is 8.88. The van der Waals surface area contributed by atoms with Gasteiger partial charge in [-0.25, -0.2) is 0 Å². The monoisotopic (exact) mass is 366 g/mol. The van der Waals surface area contributed by atoms with Gasteiger partial charge in [-0.2, -0.15) is 0 Å². The fraction of sp³-hybridized carbons (Fsp3) is 0.640. The number of Topliss-reactive ketones (excluding diaryl/α,β-unsaturated/α-hetero) is 1. The van der Waals surface area contributed by atoms with Crippen LogP contribution in [-0.2, 0) is 9.53 Å². The standard InChI is InChI=1S/C25H34O2/c1-18(2)21-15-13-19(3)17-25(21)27-24(22-11-7-8-12-23(22)26)16-14-20-9-5-4-6-10-20/h4-6,9-10,18-19,21-22,24-25H,7-8,11-13,15,17H2,1-3H3/t19-,21+,22-,24+,25-/m1/s1. The number of carbonyl (C=O) groups excluding carboxylic acids is 1. The number of ether oxygens (including phenoxy) is 1. The number of ketones is 1. The molecule has 0 unspecified atom stereocenters. The Morgan fingerprint density at radius 3 is 2.56 bits per heavy atom. The molecule has 2 saturated carbocycles. The van der Waals surface area contributed by atoms with Gasteiger partial charge in [0.2, 0.25) is 0 Å². The molecule has 0 heterocycles. The summed E-state index contributed by atoms with van der Waals surface area (Å²) < 4.78 is 6.67. The third-order valence-corrected chi connectivity index (χ3v) is 6.38. The van der Waals surface area contributed by atoms with E-state index in [0.29, 0.717) is 30.0 Å². The molecule has 3 rings (SSSR count). The predicted molar refractivity (Wildman–Crippen MR) is 110 cm³/mol. The van der Waals surface area contributed by atoms with E-state index in [1.165, 1.54) is 12.8 Å². The van der Waals surface area contributed by atoms with Gasteiger partial charge in [-0.3, -0.25) is 4.79 Å². The fourth-order valence-corrected chi connectivity index (χ4v) is 4.69. The highest BCUT2D eigenvalue weighted by Crippen LogP contribution is 2.37. The summed E-state index contributed by atoms with van der Waals surface area (Å²) in [5.41, 5.74) is 0.992. The third-order valence-electron chi connectivity index (χ3n) is 6.38. The maximum Gasteiger partial charge on any atom is 0.139 e. The topological polar surface area (TPSA) is 26.3 Å². The molecule has 2 aliphatic carbocycles. The summed E-state index contributed by atoms with van der Waals surface area (Å²) >= 11 is 0. The van der Waals surface area contributed by atoms with Crippen LogP contribution in [0.5, 0.6) is 0 Å². The molecule has 5 atom stereocenters. The van der Waals surface area contributed by atoms with Gasteiger partial charge in [-0.1, -0.05) is 63.7 Å². The molecule has 2 nitrogen and oxygen atoms in total. The lowest BCUT2D eigenvalue weighted by molar-refractivity contribution is -0.134. The van der Waals surface area contributed by atoms with Gasteiger partial charge in [-0.05, 0) is 55.6 Å². The van der Waals surface area contributed by atoms with Crippen LogP contribution in [0, 0.1) is 35.5 Å². The van der Waals surface area contributed by atoms with Crippen molar-refractivity contribution >= 4 is 5.78 Å². The molecular weight excluding hydrogens is 332 g/mol. The van der Waals surface area contributed by atoms with Gasteiger partial charge in [-0.15, -0.1) is 0 Å².